The van der Waals surface area contributed by atoms with Gasteiger partial charge >= 0.3 is 5.51 Å². The summed E-state index contributed by atoms with van der Waals surface area (Å²) < 4.78 is 36.6. The van der Waals surface area contributed by atoms with Crippen LogP contribution in [0.1, 0.15) is 25.7 Å². The average Bonchev–Trinajstić information content (AvgIpc) is 2.78. The number of hydrogen-bond acceptors (Lipinski definition) is 3. The zero-order valence-electron chi connectivity index (χ0n) is 10.7. The number of halogens is 3. The van der Waals surface area contributed by atoms with Crippen molar-refractivity contribution in [2.75, 3.05) is 5.32 Å². The molecule has 1 saturated carbocycles. The average molecular weight is 304 g/mol. The molecule has 0 unspecified atom stereocenters. The summed E-state index contributed by atoms with van der Waals surface area (Å²) in [7, 11) is 0. The first kappa shape index (κ1) is 15.2. The van der Waals surface area contributed by atoms with Gasteiger partial charge in [0.1, 0.15) is 0 Å². The molecular weight excluding hydrogens is 289 g/mol. The second kappa shape index (κ2) is 5.65. The number of thioether (sulfide) groups is 1. The summed E-state index contributed by atoms with van der Waals surface area (Å²) >= 11 is -0.185. The van der Waals surface area contributed by atoms with E-state index in [1.165, 1.54) is 24.3 Å². The number of carbonyl (C=O) groups excluding carboxylic acids is 1. The first-order chi connectivity index (χ1) is 9.28. The van der Waals surface area contributed by atoms with E-state index in [1.807, 2.05) is 0 Å². The first-order valence-corrected chi connectivity index (χ1v) is 7.06. The molecule has 0 spiro atoms. The predicted octanol–water partition coefficient (Wildman–Crippen LogP) is 3.51. The summed E-state index contributed by atoms with van der Waals surface area (Å²) in [6.45, 7) is 0. The van der Waals surface area contributed by atoms with E-state index in [-0.39, 0.29) is 22.6 Å². The van der Waals surface area contributed by atoms with Gasteiger partial charge in [-0.1, -0.05) is 12.8 Å². The first-order valence-electron chi connectivity index (χ1n) is 6.25. The van der Waals surface area contributed by atoms with Crippen molar-refractivity contribution < 1.29 is 18.0 Å². The van der Waals surface area contributed by atoms with Crippen LogP contribution in [0.15, 0.2) is 29.2 Å². The third kappa shape index (κ3) is 3.89. The smallest absolute Gasteiger partial charge is 0.324 e. The Morgan fingerprint density at radius 2 is 1.75 bits per heavy atom. The van der Waals surface area contributed by atoms with Gasteiger partial charge in [-0.3, -0.25) is 4.79 Å². The predicted molar refractivity (Wildman–Crippen MR) is 72.4 cm³/mol. The lowest BCUT2D eigenvalue weighted by atomic mass is 9.98. The lowest BCUT2D eigenvalue weighted by molar-refractivity contribution is -0.121. The molecule has 7 heteroatoms. The number of benzene rings is 1. The number of amides is 1. The minimum Gasteiger partial charge on any atom is -0.324 e. The summed E-state index contributed by atoms with van der Waals surface area (Å²) in [4.78, 5) is 12.1. The molecule has 1 aliphatic rings. The van der Waals surface area contributed by atoms with Gasteiger partial charge in [0, 0.05) is 10.6 Å². The summed E-state index contributed by atoms with van der Waals surface area (Å²) in [6.07, 6.45) is 3.12. The van der Waals surface area contributed by atoms with E-state index in [0.29, 0.717) is 18.5 Å². The zero-order valence-corrected chi connectivity index (χ0v) is 11.5. The summed E-state index contributed by atoms with van der Waals surface area (Å²) in [6, 6.07) is 5.55. The van der Waals surface area contributed by atoms with Gasteiger partial charge in [0.15, 0.2) is 0 Å². The second-order valence-electron chi connectivity index (χ2n) is 4.89. The molecule has 3 nitrogen and oxygen atoms in total. The topological polar surface area (TPSA) is 55.1 Å². The Kier molecular flexibility index (Phi) is 4.29. The van der Waals surface area contributed by atoms with Crippen LogP contribution in [-0.4, -0.2) is 17.0 Å². The van der Waals surface area contributed by atoms with E-state index < -0.39 is 11.0 Å². The molecule has 2 rings (SSSR count). The number of hydrogen-bond donors (Lipinski definition) is 2. The number of alkyl halides is 3. The van der Waals surface area contributed by atoms with Crippen molar-refractivity contribution >= 4 is 23.4 Å². The maximum absolute atomic E-state index is 12.2. The SMILES string of the molecule is NC1(C(=O)Nc2ccc(SC(F)(F)F)cc2)CCCC1. The molecule has 20 heavy (non-hydrogen) atoms. The van der Waals surface area contributed by atoms with Crippen molar-refractivity contribution in [2.24, 2.45) is 5.73 Å². The zero-order chi connectivity index (χ0) is 14.8. The molecular formula is C13H15F3N2OS. The Morgan fingerprint density at radius 1 is 1.20 bits per heavy atom. The minimum atomic E-state index is -4.31. The van der Waals surface area contributed by atoms with Crippen molar-refractivity contribution in [3.8, 4) is 0 Å². The number of carbonyl (C=O) groups is 1. The fourth-order valence-corrected chi connectivity index (χ4v) is 2.77. The molecule has 0 radical (unpaired) electrons. The molecule has 1 aromatic carbocycles. The Labute approximate surface area is 119 Å². The standard InChI is InChI=1S/C13H15F3N2OS/c14-13(15,16)20-10-5-3-9(4-6-10)18-11(19)12(17)7-1-2-8-12/h3-6H,1-2,7-8,17H2,(H,18,19). The van der Waals surface area contributed by atoms with Crippen molar-refractivity contribution in [3.05, 3.63) is 24.3 Å². The molecule has 3 N–H and O–H groups in total. The van der Waals surface area contributed by atoms with Crippen molar-refractivity contribution in [3.63, 3.8) is 0 Å². The van der Waals surface area contributed by atoms with Gasteiger partial charge in [0.2, 0.25) is 5.91 Å². The van der Waals surface area contributed by atoms with Gasteiger partial charge in [-0.05, 0) is 48.9 Å². The molecule has 0 heterocycles. The van der Waals surface area contributed by atoms with Crippen LogP contribution < -0.4 is 11.1 Å². The highest BCUT2D eigenvalue weighted by molar-refractivity contribution is 8.00. The number of anilines is 1. The van der Waals surface area contributed by atoms with Crippen LogP contribution in [0.4, 0.5) is 18.9 Å². The highest BCUT2D eigenvalue weighted by Crippen LogP contribution is 2.37. The summed E-state index contributed by atoms with van der Waals surface area (Å²) in [5.74, 6) is -0.272. The summed E-state index contributed by atoms with van der Waals surface area (Å²) in [5, 5.41) is 2.66. The van der Waals surface area contributed by atoms with Gasteiger partial charge < -0.3 is 11.1 Å². The van der Waals surface area contributed by atoms with Crippen molar-refractivity contribution in [1.82, 2.24) is 0 Å². The van der Waals surface area contributed by atoms with E-state index in [2.05, 4.69) is 5.32 Å². The van der Waals surface area contributed by atoms with Gasteiger partial charge in [0.25, 0.3) is 0 Å². The molecule has 1 aromatic rings. The van der Waals surface area contributed by atoms with Crippen LogP contribution in [0, 0.1) is 0 Å². The summed E-state index contributed by atoms with van der Waals surface area (Å²) in [5.41, 5.74) is 1.30. The number of nitrogens with two attached hydrogens (primary N) is 1. The third-order valence-corrected chi connectivity index (χ3v) is 4.03. The Morgan fingerprint density at radius 3 is 2.25 bits per heavy atom. The van der Waals surface area contributed by atoms with E-state index in [9.17, 15) is 18.0 Å². The third-order valence-electron chi connectivity index (χ3n) is 3.29. The molecule has 0 saturated heterocycles. The van der Waals surface area contributed by atoms with Crippen LogP contribution >= 0.6 is 11.8 Å². The van der Waals surface area contributed by atoms with Crippen molar-refractivity contribution in [2.45, 2.75) is 41.6 Å². The lowest BCUT2D eigenvalue weighted by Crippen LogP contribution is -2.48. The van der Waals surface area contributed by atoms with Crippen LogP contribution in [0.25, 0.3) is 0 Å². The van der Waals surface area contributed by atoms with Gasteiger partial charge in [-0.25, -0.2) is 0 Å². The Bertz CT molecular complexity index is 481. The van der Waals surface area contributed by atoms with Gasteiger partial charge in [-0.15, -0.1) is 0 Å². The normalized spacial score (nSPS) is 18.0. The van der Waals surface area contributed by atoms with E-state index >= 15 is 0 Å². The van der Waals surface area contributed by atoms with Crippen LogP contribution in [0.5, 0.6) is 0 Å². The second-order valence-corrected chi connectivity index (χ2v) is 6.03. The number of rotatable bonds is 3. The minimum absolute atomic E-state index is 0.0822. The molecule has 1 amide bonds. The Balaban J connectivity index is 1.98. The molecule has 1 fully saturated rings. The molecule has 0 bridgehead atoms. The fraction of sp³-hybridized carbons (Fsp3) is 0.462. The molecule has 0 atom stereocenters. The van der Waals surface area contributed by atoms with Crippen LogP contribution in [-0.2, 0) is 4.79 Å². The number of nitrogens with one attached hydrogen (secondary N) is 1. The van der Waals surface area contributed by atoms with Gasteiger partial charge in [0.05, 0.1) is 5.54 Å². The molecule has 1 aliphatic carbocycles. The van der Waals surface area contributed by atoms with Crippen LogP contribution in [0.2, 0.25) is 0 Å². The van der Waals surface area contributed by atoms with Crippen molar-refractivity contribution in [1.29, 1.82) is 0 Å². The molecule has 0 aliphatic heterocycles. The van der Waals surface area contributed by atoms with E-state index in [4.69, 9.17) is 5.73 Å². The fourth-order valence-electron chi connectivity index (χ4n) is 2.23. The van der Waals surface area contributed by atoms with Crippen LogP contribution in [0.3, 0.4) is 0 Å². The largest absolute Gasteiger partial charge is 0.446 e. The highest BCUT2D eigenvalue weighted by atomic mass is 32.2. The van der Waals surface area contributed by atoms with E-state index in [1.54, 1.807) is 0 Å². The molecule has 110 valence electrons. The lowest BCUT2D eigenvalue weighted by Gasteiger charge is -2.22. The maximum Gasteiger partial charge on any atom is 0.446 e. The Hall–Kier alpha value is -1.21. The monoisotopic (exact) mass is 304 g/mol. The molecule has 0 aromatic heterocycles. The van der Waals surface area contributed by atoms with E-state index in [0.717, 1.165) is 12.8 Å². The highest BCUT2D eigenvalue weighted by Gasteiger charge is 2.37. The van der Waals surface area contributed by atoms with Gasteiger partial charge in [-0.2, -0.15) is 13.2 Å². The quantitative estimate of drug-likeness (QED) is 0.840. The maximum atomic E-state index is 12.2.